The SMILES string of the molecule is C1CB2N(C1)B1CCCN1B1CCCN21. The number of nitrogens with zero attached hydrogens (tertiary/aromatic N) is 3. The highest BCUT2D eigenvalue weighted by atomic mass is 15.3. The largest absolute Gasteiger partial charge is 0.357 e. The van der Waals surface area contributed by atoms with Crippen LogP contribution in [-0.4, -0.2) is 54.7 Å². The first-order chi connectivity index (χ1) is 7.45. The fourth-order valence-corrected chi connectivity index (χ4v) is 4.43. The van der Waals surface area contributed by atoms with Crippen LogP contribution in [0.1, 0.15) is 19.3 Å². The topological polar surface area (TPSA) is 9.72 Å². The monoisotopic (exact) mass is 201 g/mol. The van der Waals surface area contributed by atoms with Crippen LogP contribution in [0.4, 0.5) is 0 Å². The van der Waals surface area contributed by atoms with Crippen LogP contribution in [0.15, 0.2) is 0 Å². The smallest absolute Gasteiger partial charge is 0.290 e. The van der Waals surface area contributed by atoms with Crippen LogP contribution in [0, 0.1) is 0 Å². The Kier molecular flexibility index (Phi) is 2.00. The van der Waals surface area contributed by atoms with Crippen molar-refractivity contribution in [1.82, 2.24) is 14.2 Å². The molecular weight excluding hydrogens is 183 g/mol. The molecule has 4 rings (SSSR count). The molecule has 4 heterocycles. The number of hydrogen-bond donors (Lipinski definition) is 0. The summed E-state index contributed by atoms with van der Waals surface area (Å²) in [6.45, 7) is 6.52. The highest BCUT2D eigenvalue weighted by Gasteiger charge is 2.55. The van der Waals surface area contributed by atoms with Crippen LogP contribution in [0.25, 0.3) is 0 Å². The molecule has 0 aliphatic carbocycles. The van der Waals surface area contributed by atoms with Gasteiger partial charge in [0, 0.05) is 0 Å². The number of rotatable bonds is 0. The molecule has 3 nitrogen and oxygen atoms in total. The van der Waals surface area contributed by atoms with Crippen molar-refractivity contribution in [2.45, 2.75) is 38.2 Å². The third kappa shape index (κ3) is 1.16. The summed E-state index contributed by atoms with van der Waals surface area (Å²) in [5, 5.41) is 0. The third-order valence-corrected chi connectivity index (χ3v) is 4.93. The molecule has 0 atom stereocenters. The van der Waals surface area contributed by atoms with E-state index in [9.17, 15) is 0 Å². The van der Waals surface area contributed by atoms with E-state index < -0.39 is 0 Å². The Hall–Kier alpha value is 0.0748. The lowest BCUT2D eigenvalue weighted by molar-refractivity contribution is 0.502. The van der Waals surface area contributed by atoms with Crippen molar-refractivity contribution in [1.29, 1.82) is 0 Å². The molecule has 0 spiro atoms. The zero-order valence-corrected chi connectivity index (χ0v) is 9.44. The molecule has 0 N–H and O–H groups in total. The quantitative estimate of drug-likeness (QED) is 0.530. The zero-order valence-electron chi connectivity index (χ0n) is 9.44. The Balaban J connectivity index is 1.70. The molecule has 4 saturated heterocycles. The molecule has 0 bridgehead atoms. The predicted molar refractivity (Wildman–Crippen MR) is 65.7 cm³/mol. The van der Waals surface area contributed by atoms with Crippen molar-refractivity contribution in [2.75, 3.05) is 19.6 Å². The van der Waals surface area contributed by atoms with Crippen LogP contribution >= 0.6 is 0 Å². The van der Waals surface area contributed by atoms with Crippen LogP contribution in [0.2, 0.25) is 19.0 Å². The summed E-state index contributed by atoms with van der Waals surface area (Å²) >= 11 is 0. The minimum absolute atomic E-state index is 0.817. The average molecular weight is 201 g/mol. The molecule has 0 radical (unpaired) electrons. The molecule has 0 aromatic rings. The molecule has 0 saturated carbocycles. The molecule has 4 aliphatic heterocycles. The minimum Gasteiger partial charge on any atom is -0.357 e. The van der Waals surface area contributed by atoms with Crippen molar-refractivity contribution in [3.63, 3.8) is 0 Å². The van der Waals surface area contributed by atoms with Gasteiger partial charge >= 0.3 is 0 Å². The van der Waals surface area contributed by atoms with Crippen molar-refractivity contribution in [2.24, 2.45) is 0 Å². The molecule has 0 aromatic carbocycles. The standard InChI is InChI=1S/C9H18B3N3/c1-4-10-13(7-1)11-5-2-9-15(11)12-6-3-8-14(10)12/h1-9H2. The van der Waals surface area contributed by atoms with E-state index in [0.29, 0.717) is 0 Å². The van der Waals surface area contributed by atoms with Gasteiger partial charge in [0.15, 0.2) is 0 Å². The van der Waals surface area contributed by atoms with Crippen molar-refractivity contribution in [3.05, 3.63) is 0 Å². The summed E-state index contributed by atoms with van der Waals surface area (Å²) < 4.78 is 8.40. The maximum atomic E-state index is 2.80. The van der Waals surface area contributed by atoms with E-state index >= 15 is 0 Å². The van der Waals surface area contributed by atoms with Gasteiger partial charge in [-0.15, -0.1) is 0 Å². The summed E-state index contributed by atoms with van der Waals surface area (Å²) in [7, 11) is 0. The fourth-order valence-electron chi connectivity index (χ4n) is 4.43. The highest BCUT2D eigenvalue weighted by Crippen LogP contribution is 2.36. The second-order valence-corrected chi connectivity index (χ2v) is 5.58. The molecular formula is C9H18B3N3. The Morgan fingerprint density at radius 1 is 0.533 bits per heavy atom. The van der Waals surface area contributed by atoms with Crippen LogP contribution in [0.3, 0.4) is 0 Å². The molecule has 4 fully saturated rings. The first-order valence-electron chi connectivity index (χ1n) is 6.72. The van der Waals surface area contributed by atoms with Crippen molar-refractivity contribution in [3.8, 4) is 0 Å². The van der Waals surface area contributed by atoms with Crippen LogP contribution < -0.4 is 0 Å². The Morgan fingerprint density at radius 2 is 0.867 bits per heavy atom. The molecule has 4 aliphatic rings. The predicted octanol–water partition coefficient (Wildman–Crippen LogP) is 0.582. The number of fused-ring (bicyclic) bond motifs is 6. The average Bonchev–Trinajstić information content (AvgIpc) is 2.97. The maximum absolute atomic E-state index is 2.80. The molecule has 0 aromatic heterocycles. The van der Waals surface area contributed by atoms with Crippen LogP contribution in [-0.2, 0) is 0 Å². The van der Waals surface area contributed by atoms with Gasteiger partial charge in [-0.05, 0) is 57.9 Å². The van der Waals surface area contributed by atoms with Gasteiger partial charge < -0.3 is 14.2 Å². The molecule has 15 heavy (non-hydrogen) atoms. The van der Waals surface area contributed by atoms with E-state index in [1.165, 1.54) is 57.9 Å². The number of hydrogen-bond acceptors (Lipinski definition) is 3. The Morgan fingerprint density at radius 3 is 1.20 bits per heavy atom. The lowest BCUT2D eigenvalue weighted by Crippen LogP contribution is -2.72. The molecule has 0 unspecified atom stereocenters. The van der Waals surface area contributed by atoms with Crippen molar-refractivity contribution < 1.29 is 0 Å². The van der Waals surface area contributed by atoms with E-state index in [2.05, 4.69) is 14.2 Å². The van der Waals surface area contributed by atoms with E-state index in [-0.39, 0.29) is 0 Å². The first kappa shape index (κ1) is 9.14. The lowest BCUT2D eigenvalue weighted by Gasteiger charge is -2.47. The first-order valence-corrected chi connectivity index (χ1v) is 6.72. The summed E-state index contributed by atoms with van der Waals surface area (Å²) in [5.74, 6) is 0. The van der Waals surface area contributed by atoms with E-state index in [1.54, 1.807) is 0 Å². The molecule has 6 heteroatoms. The normalized spacial score (nSPS) is 32.4. The van der Waals surface area contributed by atoms with E-state index in [4.69, 9.17) is 0 Å². The molecule has 0 amide bonds. The molecule has 78 valence electrons. The summed E-state index contributed by atoms with van der Waals surface area (Å²) in [4.78, 5) is 0. The van der Waals surface area contributed by atoms with E-state index in [1.807, 2.05) is 0 Å². The van der Waals surface area contributed by atoms with Gasteiger partial charge in [-0.3, -0.25) is 0 Å². The minimum atomic E-state index is 0.817. The Labute approximate surface area is 93.5 Å². The third-order valence-electron chi connectivity index (χ3n) is 4.93. The van der Waals surface area contributed by atoms with Gasteiger partial charge in [-0.25, -0.2) is 0 Å². The van der Waals surface area contributed by atoms with Gasteiger partial charge in [-0.1, -0.05) is 0 Å². The second-order valence-electron chi connectivity index (χ2n) is 5.58. The maximum Gasteiger partial charge on any atom is 0.290 e. The van der Waals surface area contributed by atoms with Gasteiger partial charge in [0.25, 0.3) is 20.9 Å². The van der Waals surface area contributed by atoms with Crippen molar-refractivity contribution >= 4 is 20.9 Å². The van der Waals surface area contributed by atoms with Gasteiger partial charge in [0.1, 0.15) is 0 Å². The van der Waals surface area contributed by atoms with Crippen LogP contribution in [0.5, 0.6) is 0 Å². The zero-order chi connectivity index (χ0) is 9.83. The van der Waals surface area contributed by atoms with E-state index in [0.717, 1.165) is 20.9 Å². The second kappa shape index (κ2) is 3.28. The summed E-state index contributed by atoms with van der Waals surface area (Å²) in [5.41, 5.74) is 0. The fraction of sp³-hybridized carbons (Fsp3) is 1.00. The Bertz CT molecular complexity index is 199. The van der Waals surface area contributed by atoms with Gasteiger partial charge in [0.05, 0.1) is 0 Å². The summed E-state index contributed by atoms with van der Waals surface area (Å²) in [6, 6.07) is 0. The lowest BCUT2D eigenvalue weighted by atomic mass is 9.44. The van der Waals surface area contributed by atoms with Gasteiger partial charge in [-0.2, -0.15) is 0 Å². The van der Waals surface area contributed by atoms with Gasteiger partial charge in [0.2, 0.25) is 0 Å². The summed E-state index contributed by atoms with van der Waals surface area (Å²) in [6.07, 6.45) is 8.58. The highest BCUT2D eigenvalue weighted by molar-refractivity contribution is 6.87.